The first-order chi connectivity index (χ1) is 9.18. The number of aromatic nitrogens is 2. The molecule has 19 heavy (non-hydrogen) atoms. The molecule has 0 atom stereocenters. The third-order valence-electron chi connectivity index (χ3n) is 3.51. The van der Waals surface area contributed by atoms with Gasteiger partial charge in [0, 0.05) is 6.04 Å². The smallest absolute Gasteiger partial charge is 0.265 e. The van der Waals surface area contributed by atoms with E-state index in [2.05, 4.69) is 10.3 Å². The van der Waals surface area contributed by atoms with Gasteiger partial charge in [-0.15, -0.1) is 0 Å². The van der Waals surface area contributed by atoms with Crippen LogP contribution in [0.1, 0.15) is 18.9 Å². The zero-order valence-electron chi connectivity index (χ0n) is 10.2. The Bertz CT molecular complexity index is 679. The van der Waals surface area contributed by atoms with Gasteiger partial charge in [-0.05, 0) is 49.7 Å². The lowest BCUT2D eigenvalue weighted by atomic mass is 10.1. The molecule has 4 nitrogen and oxygen atoms in total. The molecular weight excluding hydrogens is 269 g/mol. The van der Waals surface area contributed by atoms with Gasteiger partial charge in [0.25, 0.3) is 5.56 Å². The first-order valence-electron chi connectivity index (χ1n) is 6.25. The quantitative estimate of drug-likeness (QED) is 0.815. The van der Waals surface area contributed by atoms with Crippen LogP contribution in [0.4, 0.5) is 4.39 Å². The van der Waals surface area contributed by atoms with Crippen molar-refractivity contribution < 1.29 is 4.39 Å². The van der Waals surface area contributed by atoms with Gasteiger partial charge in [-0.25, -0.2) is 9.37 Å². The molecule has 6 heteroatoms. The van der Waals surface area contributed by atoms with Crippen LogP contribution in [0.5, 0.6) is 0 Å². The van der Waals surface area contributed by atoms with E-state index in [4.69, 9.17) is 11.6 Å². The minimum atomic E-state index is -0.547. The summed E-state index contributed by atoms with van der Waals surface area (Å²) in [6, 6.07) is 4.37. The van der Waals surface area contributed by atoms with Gasteiger partial charge >= 0.3 is 0 Å². The fourth-order valence-corrected chi connectivity index (χ4v) is 2.86. The normalized spacial score (nSPS) is 16.9. The molecule has 1 aliphatic rings. The topological polar surface area (TPSA) is 46.9 Å². The Balaban J connectivity index is 2.24. The predicted octanol–water partition coefficient (Wildman–Crippen LogP) is 2.11. The van der Waals surface area contributed by atoms with E-state index in [0.717, 1.165) is 25.9 Å². The minimum absolute atomic E-state index is 0.0160. The second-order valence-corrected chi connectivity index (χ2v) is 5.01. The molecule has 2 heterocycles. The summed E-state index contributed by atoms with van der Waals surface area (Å²) in [5, 5.41) is 3.37. The van der Waals surface area contributed by atoms with Crippen LogP contribution in [0.15, 0.2) is 23.0 Å². The summed E-state index contributed by atoms with van der Waals surface area (Å²) in [6.45, 7) is 1.64. The molecule has 0 spiro atoms. The van der Waals surface area contributed by atoms with Gasteiger partial charge < -0.3 is 5.32 Å². The highest BCUT2D eigenvalue weighted by Gasteiger charge is 2.21. The molecule has 3 rings (SSSR count). The molecule has 1 aliphatic heterocycles. The van der Waals surface area contributed by atoms with Crippen LogP contribution in [-0.4, -0.2) is 22.6 Å². The lowest BCUT2D eigenvalue weighted by Crippen LogP contribution is -2.35. The molecule has 0 amide bonds. The van der Waals surface area contributed by atoms with Crippen molar-refractivity contribution >= 4 is 22.5 Å². The van der Waals surface area contributed by atoms with Crippen molar-refractivity contribution in [3.05, 3.63) is 39.7 Å². The molecule has 0 saturated carbocycles. The number of hydrogen-bond donors (Lipinski definition) is 1. The largest absolute Gasteiger partial charge is 0.317 e. The Kier molecular flexibility index (Phi) is 3.24. The van der Waals surface area contributed by atoms with E-state index in [1.165, 1.54) is 16.7 Å². The average molecular weight is 282 g/mol. The summed E-state index contributed by atoms with van der Waals surface area (Å²) < 4.78 is 15.2. The zero-order chi connectivity index (χ0) is 13.4. The van der Waals surface area contributed by atoms with Gasteiger partial charge in [0.1, 0.15) is 11.2 Å². The Morgan fingerprint density at radius 3 is 2.84 bits per heavy atom. The molecule has 2 aromatic rings. The highest BCUT2D eigenvalue weighted by atomic mass is 35.5. The number of benzene rings is 1. The molecule has 1 aromatic heterocycles. The maximum absolute atomic E-state index is 13.8. The van der Waals surface area contributed by atoms with Gasteiger partial charge in [0.2, 0.25) is 5.28 Å². The predicted molar refractivity (Wildman–Crippen MR) is 72.1 cm³/mol. The summed E-state index contributed by atoms with van der Waals surface area (Å²) in [6.07, 6.45) is 1.59. The molecule has 1 N–H and O–H groups in total. The molecule has 0 aliphatic carbocycles. The van der Waals surface area contributed by atoms with Crippen molar-refractivity contribution in [3.8, 4) is 0 Å². The van der Waals surface area contributed by atoms with Crippen molar-refractivity contribution in [2.75, 3.05) is 13.1 Å². The van der Waals surface area contributed by atoms with E-state index in [0.29, 0.717) is 5.52 Å². The molecule has 1 aromatic carbocycles. The van der Waals surface area contributed by atoms with Crippen molar-refractivity contribution in [2.45, 2.75) is 18.9 Å². The van der Waals surface area contributed by atoms with Crippen molar-refractivity contribution in [3.63, 3.8) is 0 Å². The van der Waals surface area contributed by atoms with Crippen molar-refractivity contribution in [1.82, 2.24) is 14.9 Å². The highest BCUT2D eigenvalue weighted by Crippen LogP contribution is 2.22. The lowest BCUT2D eigenvalue weighted by molar-refractivity contribution is 0.359. The SMILES string of the molecule is O=c1c2c(F)cccc2nc(Cl)n1C1CCNCC1. The standard InChI is InChI=1S/C13H13ClFN3O/c14-13-17-10-3-1-2-9(15)11(10)12(19)18(13)8-4-6-16-7-5-8/h1-3,8,16H,4-7H2. The Morgan fingerprint density at radius 2 is 2.11 bits per heavy atom. The Labute approximate surface area is 114 Å². The number of rotatable bonds is 1. The van der Waals surface area contributed by atoms with Crippen LogP contribution in [-0.2, 0) is 0 Å². The van der Waals surface area contributed by atoms with Crippen LogP contribution < -0.4 is 10.9 Å². The molecule has 1 fully saturated rings. The van der Waals surface area contributed by atoms with Crippen LogP contribution in [0.25, 0.3) is 10.9 Å². The summed E-state index contributed by atoms with van der Waals surface area (Å²) in [5.41, 5.74) is -0.0832. The van der Waals surface area contributed by atoms with Gasteiger partial charge in [-0.1, -0.05) is 6.07 Å². The summed E-state index contributed by atoms with van der Waals surface area (Å²) >= 11 is 6.10. The summed E-state index contributed by atoms with van der Waals surface area (Å²) in [4.78, 5) is 16.6. The number of piperidine rings is 1. The monoisotopic (exact) mass is 281 g/mol. The van der Waals surface area contributed by atoms with E-state index in [9.17, 15) is 9.18 Å². The third kappa shape index (κ3) is 2.13. The Morgan fingerprint density at radius 1 is 1.37 bits per heavy atom. The number of halogens is 2. The lowest BCUT2D eigenvalue weighted by Gasteiger charge is -2.25. The van der Waals surface area contributed by atoms with Gasteiger partial charge in [0.05, 0.1) is 5.52 Å². The maximum Gasteiger partial charge on any atom is 0.265 e. The number of hydrogen-bond acceptors (Lipinski definition) is 3. The van der Waals surface area contributed by atoms with Crippen LogP contribution in [0.3, 0.4) is 0 Å². The molecule has 0 bridgehead atoms. The van der Waals surface area contributed by atoms with Crippen molar-refractivity contribution in [2.24, 2.45) is 0 Å². The van der Waals surface area contributed by atoms with Gasteiger partial charge in [0.15, 0.2) is 0 Å². The van der Waals surface area contributed by atoms with Crippen LogP contribution in [0, 0.1) is 5.82 Å². The summed E-state index contributed by atoms with van der Waals surface area (Å²) in [5.74, 6) is -0.547. The first kappa shape index (κ1) is 12.6. The molecule has 1 saturated heterocycles. The number of nitrogens with one attached hydrogen (secondary N) is 1. The van der Waals surface area contributed by atoms with E-state index in [-0.39, 0.29) is 22.3 Å². The second kappa shape index (κ2) is 4.90. The highest BCUT2D eigenvalue weighted by molar-refractivity contribution is 6.28. The van der Waals surface area contributed by atoms with Crippen LogP contribution >= 0.6 is 11.6 Å². The minimum Gasteiger partial charge on any atom is -0.317 e. The van der Waals surface area contributed by atoms with E-state index in [1.807, 2.05) is 0 Å². The Hall–Kier alpha value is -1.46. The molecule has 0 radical (unpaired) electrons. The fraction of sp³-hybridized carbons (Fsp3) is 0.385. The second-order valence-electron chi connectivity index (χ2n) is 4.67. The van der Waals surface area contributed by atoms with E-state index in [1.54, 1.807) is 6.07 Å². The fourth-order valence-electron chi connectivity index (χ4n) is 2.56. The maximum atomic E-state index is 13.8. The van der Waals surface area contributed by atoms with Gasteiger partial charge in [-0.3, -0.25) is 9.36 Å². The molecule has 100 valence electrons. The average Bonchev–Trinajstić information content (AvgIpc) is 2.39. The third-order valence-corrected chi connectivity index (χ3v) is 3.78. The van der Waals surface area contributed by atoms with E-state index >= 15 is 0 Å². The van der Waals surface area contributed by atoms with Gasteiger partial charge in [-0.2, -0.15) is 0 Å². The number of nitrogens with zero attached hydrogens (tertiary/aromatic N) is 2. The van der Waals surface area contributed by atoms with Crippen LogP contribution in [0.2, 0.25) is 5.28 Å². The van der Waals surface area contributed by atoms with Crippen molar-refractivity contribution in [1.29, 1.82) is 0 Å². The molecule has 0 unspecified atom stereocenters. The first-order valence-corrected chi connectivity index (χ1v) is 6.63. The zero-order valence-corrected chi connectivity index (χ0v) is 11.0. The summed E-state index contributed by atoms with van der Waals surface area (Å²) in [7, 11) is 0. The number of fused-ring (bicyclic) bond motifs is 1. The van der Waals surface area contributed by atoms with E-state index < -0.39 is 5.82 Å². The molecular formula is C13H13ClFN3O.